The van der Waals surface area contributed by atoms with Gasteiger partial charge in [0.25, 0.3) is 5.56 Å². The summed E-state index contributed by atoms with van der Waals surface area (Å²) in [5, 5.41) is 0.515. The molecule has 0 saturated carbocycles. The first kappa shape index (κ1) is 21.4. The highest BCUT2D eigenvalue weighted by Gasteiger charge is 2.20. The maximum atomic E-state index is 12.2. The van der Waals surface area contributed by atoms with E-state index >= 15 is 0 Å². The molecule has 0 atom stereocenters. The second-order valence-corrected chi connectivity index (χ2v) is 9.42. The third-order valence-electron chi connectivity index (χ3n) is 4.37. The van der Waals surface area contributed by atoms with Crippen molar-refractivity contribution >= 4 is 32.7 Å². The van der Waals surface area contributed by atoms with Crippen molar-refractivity contribution in [1.82, 2.24) is 24.2 Å². The van der Waals surface area contributed by atoms with Gasteiger partial charge in [-0.05, 0) is 30.0 Å². The van der Waals surface area contributed by atoms with E-state index in [1.165, 1.54) is 0 Å². The van der Waals surface area contributed by atoms with Crippen molar-refractivity contribution in [3.05, 3.63) is 43.6 Å². The summed E-state index contributed by atoms with van der Waals surface area (Å²) in [7, 11) is -3.44. The second kappa shape index (κ2) is 8.21. The Morgan fingerprint density at radius 3 is 2.62 bits per heavy atom. The van der Waals surface area contributed by atoms with Gasteiger partial charge in [0, 0.05) is 18.1 Å². The number of hydrogen-bond acceptors (Lipinski definition) is 6. The summed E-state index contributed by atoms with van der Waals surface area (Å²) in [5.41, 5.74) is 0.466. The molecule has 29 heavy (non-hydrogen) atoms. The number of sulfonamides is 1. The average molecular weight is 440 g/mol. The fourth-order valence-corrected chi connectivity index (χ4v) is 4.86. The molecule has 0 amide bonds. The fraction of sp³-hybridized carbons (Fsp3) is 0.444. The van der Waals surface area contributed by atoms with Gasteiger partial charge in [-0.1, -0.05) is 32.4 Å². The Kier molecular flexibility index (Phi) is 6.06. The monoisotopic (exact) mass is 439 g/mol. The molecule has 0 fully saturated rings. The number of benzene rings is 1. The second-order valence-electron chi connectivity index (χ2n) is 7.16. The highest BCUT2D eigenvalue weighted by atomic mass is 35.5. The van der Waals surface area contributed by atoms with Crippen LogP contribution < -0.4 is 16.0 Å². The number of aryl methyl sites for hydroxylation is 1. The summed E-state index contributed by atoms with van der Waals surface area (Å²) in [6.07, 6.45) is 0.670. The molecule has 0 unspecified atom stereocenters. The van der Waals surface area contributed by atoms with E-state index in [1.807, 2.05) is 26.8 Å². The number of aromatic nitrogens is 4. The molecule has 0 aromatic heterocycles. The number of aromatic amines is 1. The van der Waals surface area contributed by atoms with Crippen LogP contribution in [-0.2, 0) is 23.0 Å². The summed E-state index contributed by atoms with van der Waals surface area (Å²) in [6, 6.07) is 3.47. The summed E-state index contributed by atoms with van der Waals surface area (Å²) in [4.78, 5) is 34.4. The average Bonchev–Trinajstić information content (AvgIpc) is 2.60. The molecule has 2 aliphatic heterocycles. The van der Waals surface area contributed by atoms with Crippen molar-refractivity contribution in [3.8, 4) is 11.5 Å². The molecule has 2 heterocycles. The van der Waals surface area contributed by atoms with Crippen LogP contribution in [0.2, 0.25) is 5.02 Å². The first-order chi connectivity index (χ1) is 13.6. The van der Waals surface area contributed by atoms with E-state index in [4.69, 9.17) is 11.6 Å². The molecule has 9 nitrogen and oxygen atoms in total. The highest BCUT2D eigenvalue weighted by molar-refractivity contribution is 7.89. The van der Waals surface area contributed by atoms with Gasteiger partial charge in [0.1, 0.15) is 0 Å². The van der Waals surface area contributed by atoms with Crippen molar-refractivity contribution in [3.63, 3.8) is 0 Å². The fourth-order valence-electron chi connectivity index (χ4n) is 3.17. The zero-order valence-electron chi connectivity index (χ0n) is 16.3. The minimum absolute atomic E-state index is 0.00766. The largest absolute Gasteiger partial charge is 0.349 e. The van der Waals surface area contributed by atoms with Crippen molar-refractivity contribution in [2.24, 2.45) is 5.92 Å². The summed E-state index contributed by atoms with van der Waals surface area (Å²) in [5.74, 6) is 0.0900. The lowest BCUT2D eigenvalue weighted by atomic mass is 10.1. The minimum Gasteiger partial charge on any atom is -0.321 e. The zero-order valence-corrected chi connectivity index (χ0v) is 17.9. The zero-order chi connectivity index (χ0) is 21.3. The normalized spacial score (nSPS) is 12.3. The van der Waals surface area contributed by atoms with Gasteiger partial charge in [-0.25, -0.2) is 22.9 Å². The van der Waals surface area contributed by atoms with Crippen LogP contribution in [0.15, 0.2) is 21.7 Å². The molecule has 0 radical (unpaired) electrons. The van der Waals surface area contributed by atoms with Crippen molar-refractivity contribution < 1.29 is 8.42 Å². The number of halogens is 1. The highest BCUT2D eigenvalue weighted by Crippen LogP contribution is 2.27. The lowest BCUT2D eigenvalue weighted by Crippen LogP contribution is -2.33. The van der Waals surface area contributed by atoms with Gasteiger partial charge in [0.05, 0.1) is 16.8 Å². The summed E-state index contributed by atoms with van der Waals surface area (Å²) < 4.78 is 28.5. The van der Waals surface area contributed by atoms with Crippen molar-refractivity contribution in [2.75, 3.05) is 12.3 Å². The van der Waals surface area contributed by atoms with E-state index in [1.54, 1.807) is 10.6 Å². The first-order valence-electron chi connectivity index (χ1n) is 9.21. The minimum atomic E-state index is -3.44. The Hall–Kier alpha value is -2.30. The Labute approximate surface area is 172 Å². The smallest absolute Gasteiger partial charge is 0.321 e. The first-order valence-corrected chi connectivity index (χ1v) is 11.2. The van der Waals surface area contributed by atoms with E-state index in [0.29, 0.717) is 22.5 Å². The van der Waals surface area contributed by atoms with Gasteiger partial charge < -0.3 is 4.57 Å². The third-order valence-corrected chi connectivity index (χ3v) is 6.47. The van der Waals surface area contributed by atoms with Crippen molar-refractivity contribution in [2.45, 2.75) is 33.7 Å². The molecule has 1 aromatic carbocycles. The van der Waals surface area contributed by atoms with E-state index < -0.39 is 21.3 Å². The van der Waals surface area contributed by atoms with Crippen molar-refractivity contribution in [1.29, 1.82) is 0 Å². The van der Waals surface area contributed by atoms with E-state index in [2.05, 4.69) is 19.7 Å². The Bertz CT molecular complexity index is 1250. The SMILES string of the molecule is CCc1cc2c(cc1Cl)nc1c(=O)[nH]c(=O)nc-1n2CCNS(=O)(=O)CC(C)C. The van der Waals surface area contributed by atoms with Crippen LogP contribution in [0.3, 0.4) is 0 Å². The van der Waals surface area contributed by atoms with Gasteiger partial charge in [0.2, 0.25) is 10.0 Å². The molecule has 0 spiro atoms. The van der Waals surface area contributed by atoms with Crippen LogP contribution in [0.5, 0.6) is 0 Å². The van der Waals surface area contributed by atoms with Crippen LogP contribution in [0.25, 0.3) is 22.6 Å². The number of fused-ring (bicyclic) bond motifs is 2. The number of H-pyrrole nitrogens is 1. The lowest BCUT2D eigenvalue weighted by molar-refractivity contribution is 0.561. The standard InChI is InChI=1S/C18H22ClN5O4S/c1-4-11-7-14-13(8-12(11)19)21-15-16(22-18(26)23-17(15)25)24(14)6-5-20-29(27,28)9-10(2)3/h7-8,10,20H,4-6,9H2,1-3H3,(H,23,25,26). The van der Waals surface area contributed by atoms with Gasteiger partial charge >= 0.3 is 5.69 Å². The van der Waals surface area contributed by atoms with Gasteiger partial charge in [-0.3, -0.25) is 9.78 Å². The number of rotatable bonds is 7. The molecular weight excluding hydrogens is 418 g/mol. The van der Waals surface area contributed by atoms with Crippen LogP contribution in [0.1, 0.15) is 26.3 Å². The molecule has 2 N–H and O–H groups in total. The quantitative estimate of drug-likeness (QED) is 0.535. The molecule has 0 bridgehead atoms. The summed E-state index contributed by atoms with van der Waals surface area (Å²) >= 11 is 6.29. The van der Waals surface area contributed by atoms with E-state index in [-0.39, 0.29) is 36.3 Å². The molecule has 2 aliphatic rings. The van der Waals surface area contributed by atoms with Gasteiger partial charge in [-0.2, -0.15) is 4.98 Å². The third kappa shape index (κ3) is 4.65. The Balaban J connectivity index is 2.13. The van der Waals surface area contributed by atoms with Gasteiger partial charge in [-0.15, -0.1) is 0 Å². The lowest BCUT2D eigenvalue weighted by Gasteiger charge is -2.18. The molecule has 11 heteroatoms. The van der Waals surface area contributed by atoms with Crippen LogP contribution in [-0.4, -0.2) is 40.2 Å². The summed E-state index contributed by atoms with van der Waals surface area (Å²) in [6.45, 7) is 5.82. The molecule has 0 saturated heterocycles. The Morgan fingerprint density at radius 2 is 1.97 bits per heavy atom. The number of nitrogens with zero attached hydrogens (tertiary/aromatic N) is 3. The van der Waals surface area contributed by atoms with Crippen LogP contribution in [0, 0.1) is 5.92 Å². The van der Waals surface area contributed by atoms with Gasteiger partial charge in [0.15, 0.2) is 11.5 Å². The molecule has 1 aromatic rings. The topological polar surface area (TPSA) is 127 Å². The molecule has 0 aliphatic carbocycles. The number of hydrogen-bond donors (Lipinski definition) is 2. The van der Waals surface area contributed by atoms with E-state index in [0.717, 1.165) is 5.56 Å². The molecular formula is C18H22ClN5O4S. The molecule has 3 rings (SSSR count). The predicted octanol–water partition coefficient (Wildman–Crippen LogP) is 1.38. The maximum Gasteiger partial charge on any atom is 0.349 e. The molecule has 156 valence electrons. The van der Waals surface area contributed by atoms with E-state index in [9.17, 15) is 18.0 Å². The Morgan fingerprint density at radius 1 is 1.24 bits per heavy atom. The van der Waals surface area contributed by atoms with Crippen LogP contribution in [0.4, 0.5) is 0 Å². The predicted molar refractivity (Wildman–Crippen MR) is 112 cm³/mol. The number of nitrogens with one attached hydrogen (secondary N) is 2. The van der Waals surface area contributed by atoms with Crippen LogP contribution >= 0.6 is 11.6 Å². The maximum absolute atomic E-state index is 12.2.